The lowest BCUT2D eigenvalue weighted by Gasteiger charge is -2.32. The fourth-order valence-corrected chi connectivity index (χ4v) is 3.15. The van der Waals surface area contributed by atoms with E-state index in [4.69, 9.17) is 9.47 Å². The maximum atomic E-state index is 12.3. The summed E-state index contributed by atoms with van der Waals surface area (Å²) in [5.74, 6) is 0.603. The van der Waals surface area contributed by atoms with E-state index in [-0.39, 0.29) is 30.8 Å². The molecule has 8 heteroatoms. The van der Waals surface area contributed by atoms with Gasteiger partial charge in [0.2, 0.25) is 11.8 Å². The number of hydrogen-bond acceptors (Lipinski definition) is 5. The van der Waals surface area contributed by atoms with E-state index >= 15 is 0 Å². The molecule has 0 aromatic heterocycles. The number of nitrogens with one attached hydrogen (secondary N) is 2. The van der Waals surface area contributed by atoms with E-state index in [2.05, 4.69) is 10.6 Å². The van der Waals surface area contributed by atoms with Crippen molar-refractivity contribution in [3.8, 4) is 5.75 Å². The molecule has 31 heavy (non-hydrogen) atoms. The molecule has 0 aliphatic carbocycles. The van der Waals surface area contributed by atoms with E-state index in [1.807, 2.05) is 24.3 Å². The number of carbonyl (C=O) groups excluding carboxylic acids is 3. The Balaban J connectivity index is 1.67. The van der Waals surface area contributed by atoms with Gasteiger partial charge in [0.1, 0.15) is 11.4 Å². The van der Waals surface area contributed by atoms with Gasteiger partial charge in [-0.2, -0.15) is 0 Å². The summed E-state index contributed by atoms with van der Waals surface area (Å²) in [5.41, 5.74) is 0.348. The van der Waals surface area contributed by atoms with Crippen LogP contribution in [0.15, 0.2) is 30.3 Å². The second-order valence-corrected chi connectivity index (χ2v) is 8.45. The first-order valence-electron chi connectivity index (χ1n) is 10.5. The molecule has 3 amide bonds. The maximum absolute atomic E-state index is 12.3. The highest BCUT2D eigenvalue weighted by Crippen LogP contribution is 2.14. The molecular formula is C23H33N3O5. The van der Waals surface area contributed by atoms with Gasteiger partial charge in [-0.15, -0.1) is 0 Å². The number of likely N-dealkylation sites (tertiary alicyclic amines) is 1. The van der Waals surface area contributed by atoms with Gasteiger partial charge in [-0.1, -0.05) is 12.1 Å². The van der Waals surface area contributed by atoms with Crippen molar-refractivity contribution in [2.75, 3.05) is 26.7 Å². The van der Waals surface area contributed by atoms with E-state index in [1.165, 1.54) is 6.08 Å². The lowest BCUT2D eigenvalue weighted by Crippen LogP contribution is -2.46. The fraction of sp³-hybridized carbons (Fsp3) is 0.522. The van der Waals surface area contributed by atoms with Crippen LogP contribution in [0.4, 0.5) is 4.79 Å². The van der Waals surface area contributed by atoms with Crippen molar-refractivity contribution in [1.82, 2.24) is 15.5 Å². The number of rotatable bonds is 7. The van der Waals surface area contributed by atoms with E-state index in [0.717, 1.165) is 11.3 Å². The Morgan fingerprint density at radius 2 is 1.77 bits per heavy atom. The second kappa shape index (κ2) is 11.4. The number of nitrogens with zero attached hydrogens (tertiary/aromatic N) is 1. The number of alkyl carbamates (subject to hydrolysis) is 1. The molecule has 1 fully saturated rings. The summed E-state index contributed by atoms with van der Waals surface area (Å²) in [7, 11) is 1.61. The van der Waals surface area contributed by atoms with Crippen LogP contribution in [0.1, 0.15) is 45.6 Å². The van der Waals surface area contributed by atoms with Gasteiger partial charge in [-0.3, -0.25) is 9.59 Å². The highest BCUT2D eigenvalue weighted by molar-refractivity contribution is 5.92. The maximum Gasteiger partial charge on any atom is 0.407 e. The Hall–Kier alpha value is -3.03. The minimum absolute atomic E-state index is 0.0137. The number of piperidine rings is 1. The van der Waals surface area contributed by atoms with Crippen molar-refractivity contribution in [3.05, 3.63) is 35.9 Å². The molecule has 1 heterocycles. The van der Waals surface area contributed by atoms with Crippen LogP contribution in [0.5, 0.6) is 5.75 Å². The molecule has 0 spiro atoms. The van der Waals surface area contributed by atoms with Crippen LogP contribution in [0.2, 0.25) is 0 Å². The zero-order chi connectivity index (χ0) is 22.9. The first-order valence-corrected chi connectivity index (χ1v) is 10.5. The average molecular weight is 432 g/mol. The molecule has 2 rings (SSSR count). The third-order valence-corrected chi connectivity index (χ3v) is 4.74. The fourth-order valence-electron chi connectivity index (χ4n) is 3.15. The predicted molar refractivity (Wildman–Crippen MR) is 119 cm³/mol. The van der Waals surface area contributed by atoms with Crippen LogP contribution in [0.3, 0.4) is 0 Å². The highest BCUT2D eigenvalue weighted by Gasteiger charge is 2.23. The number of carbonyl (C=O) groups is 3. The Kier molecular flexibility index (Phi) is 8.90. The molecule has 1 aliphatic heterocycles. The van der Waals surface area contributed by atoms with Crippen molar-refractivity contribution in [3.63, 3.8) is 0 Å². The summed E-state index contributed by atoms with van der Waals surface area (Å²) in [4.78, 5) is 37.9. The van der Waals surface area contributed by atoms with Gasteiger partial charge in [0.25, 0.3) is 0 Å². The minimum Gasteiger partial charge on any atom is -0.497 e. The molecule has 170 valence electrons. The second-order valence-electron chi connectivity index (χ2n) is 8.45. The quantitative estimate of drug-likeness (QED) is 0.647. The minimum atomic E-state index is -0.565. The van der Waals surface area contributed by atoms with Crippen LogP contribution < -0.4 is 15.4 Å². The Bertz CT molecular complexity index is 775. The molecule has 2 N–H and O–H groups in total. The Labute approximate surface area is 184 Å². The molecule has 8 nitrogen and oxygen atoms in total. The third-order valence-electron chi connectivity index (χ3n) is 4.74. The smallest absolute Gasteiger partial charge is 0.407 e. The molecular weight excluding hydrogens is 398 g/mol. The van der Waals surface area contributed by atoms with E-state index < -0.39 is 11.7 Å². The molecule has 0 saturated carbocycles. The third kappa shape index (κ3) is 9.11. The summed E-state index contributed by atoms with van der Waals surface area (Å²) in [6.45, 7) is 6.76. The molecule has 1 aromatic carbocycles. The lowest BCUT2D eigenvalue weighted by molar-refractivity contribution is -0.132. The Morgan fingerprint density at radius 1 is 1.13 bits per heavy atom. The van der Waals surface area contributed by atoms with Gasteiger partial charge < -0.3 is 25.0 Å². The number of methoxy groups -OCH3 is 1. The summed E-state index contributed by atoms with van der Waals surface area (Å²) in [6, 6.07) is 7.48. The lowest BCUT2D eigenvalue weighted by atomic mass is 10.0. The van der Waals surface area contributed by atoms with Gasteiger partial charge in [0, 0.05) is 38.2 Å². The first kappa shape index (κ1) is 24.2. The van der Waals surface area contributed by atoms with Crippen molar-refractivity contribution >= 4 is 24.0 Å². The summed E-state index contributed by atoms with van der Waals surface area (Å²) in [6.07, 6.45) is 4.37. The molecule has 0 atom stereocenters. The van der Waals surface area contributed by atoms with Gasteiger partial charge in [-0.25, -0.2) is 4.79 Å². The zero-order valence-electron chi connectivity index (χ0n) is 18.8. The number of hydrogen-bond donors (Lipinski definition) is 2. The number of amides is 3. The van der Waals surface area contributed by atoms with Crippen molar-refractivity contribution < 1.29 is 23.9 Å². The van der Waals surface area contributed by atoms with E-state index in [1.54, 1.807) is 38.9 Å². The van der Waals surface area contributed by atoms with Gasteiger partial charge in [0.15, 0.2) is 0 Å². The van der Waals surface area contributed by atoms with Crippen molar-refractivity contribution in [2.45, 2.75) is 51.7 Å². The van der Waals surface area contributed by atoms with Crippen LogP contribution in [0.25, 0.3) is 6.08 Å². The molecule has 1 aromatic rings. The van der Waals surface area contributed by atoms with Crippen molar-refractivity contribution in [2.24, 2.45) is 0 Å². The molecule has 0 radical (unpaired) electrons. The van der Waals surface area contributed by atoms with Gasteiger partial charge >= 0.3 is 6.09 Å². The summed E-state index contributed by atoms with van der Waals surface area (Å²) < 4.78 is 10.3. The number of ether oxygens (including phenoxy) is 2. The highest BCUT2D eigenvalue weighted by atomic mass is 16.6. The predicted octanol–water partition coefficient (Wildman–Crippen LogP) is 2.73. The normalized spacial score (nSPS) is 14.9. The van der Waals surface area contributed by atoms with E-state index in [0.29, 0.717) is 25.9 Å². The monoisotopic (exact) mass is 431 g/mol. The number of benzene rings is 1. The van der Waals surface area contributed by atoms with Crippen molar-refractivity contribution in [1.29, 1.82) is 0 Å². The zero-order valence-corrected chi connectivity index (χ0v) is 18.8. The first-order chi connectivity index (χ1) is 14.7. The summed E-state index contributed by atoms with van der Waals surface area (Å²) >= 11 is 0. The van der Waals surface area contributed by atoms with Gasteiger partial charge in [0.05, 0.1) is 7.11 Å². The van der Waals surface area contributed by atoms with Crippen LogP contribution in [-0.4, -0.2) is 61.2 Å². The van der Waals surface area contributed by atoms with Crippen LogP contribution in [0, 0.1) is 0 Å². The molecule has 0 unspecified atom stereocenters. The summed E-state index contributed by atoms with van der Waals surface area (Å²) in [5, 5.41) is 5.59. The largest absolute Gasteiger partial charge is 0.497 e. The van der Waals surface area contributed by atoms with Gasteiger partial charge in [-0.05, 0) is 57.4 Å². The Morgan fingerprint density at radius 3 is 2.35 bits per heavy atom. The molecule has 1 saturated heterocycles. The average Bonchev–Trinajstić information content (AvgIpc) is 2.71. The van der Waals surface area contributed by atoms with E-state index in [9.17, 15) is 14.4 Å². The molecule has 0 bridgehead atoms. The molecule has 1 aliphatic rings. The van der Waals surface area contributed by atoms with Crippen LogP contribution in [-0.2, 0) is 14.3 Å². The SMILES string of the molecule is COc1ccc(/C=C/C(=O)NC2CCN(C(=O)CCNC(=O)OC(C)(C)C)CC2)cc1. The van der Waals surface area contributed by atoms with Crippen LogP contribution >= 0.6 is 0 Å². The topological polar surface area (TPSA) is 97.0 Å². The standard InChI is InChI=1S/C23H33N3O5/c1-23(2,3)31-22(29)24-14-11-21(28)26-15-12-18(13-16-26)25-20(27)10-7-17-5-8-19(30-4)9-6-17/h5-10,18H,11-16H2,1-4H3,(H,24,29)(H,25,27)/b10-7+.